The van der Waals surface area contributed by atoms with Crippen LogP contribution in [-0.4, -0.2) is 15.0 Å². The lowest BCUT2D eigenvalue weighted by Crippen LogP contribution is -2.16. The maximum absolute atomic E-state index is 11.8. The van der Waals surface area contributed by atoms with E-state index < -0.39 is 12.4 Å². The van der Waals surface area contributed by atoms with E-state index in [0.29, 0.717) is 0 Å². The highest BCUT2D eigenvalue weighted by Crippen LogP contribution is 1.89. The van der Waals surface area contributed by atoms with E-state index >= 15 is 0 Å². The highest BCUT2D eigenvalue weighted by atomic mass is 19.1. The van der Waals surface area contributed by atoms with Crippen molar-refractivity contribution in [2.45, 2.75) is 6.67 Å². The first-order valence-electron chi connectivity index (χ1n) is 2.51. The molecule has 1 aromatic rings. The first-order valence-corrected chi connectivity index (χ1v) is 2.51. The minimum Gasteiger partial charge on any atom is -0.368 e. The Hall–Kier alpha value is -1.46. The number of anilines is 1. The van der Waals surface area contributed by atoms with Gasteiger partial charge in [0.2, 0.25) is 5.95 Å². The number of nitrogens with two attached hydrogens (primary N) is 1. The van der Waals surface area contributed by atoms with Crippen molar-refractivity contribution in [3.05, 3.63) is 16.3 Å². The van der Waals surface area contributed by atoms with Gasteiger partial charge in [0, 0.05) is 0 Å². The second-order valence-corrected chi connectivity index (χ2v) is 1.59. The van der Waals surface area contributed by atoms with Gasteiger partial charge in [-0.05, 0) is 0 Å². The van der Waals surface area contributed by atoms with Crippen LogP contribution in [0, 0.1) is 0 Å². The summed E-state index contributed by atoms with van der Waals surface area (Å²) in [6.45, 7) is -0.845. The third-order valence-corrected chi connectivity index (χ3v) is 0.843. The third kappa shape index (κ3) is 1.28. The Morgan fingerprint density at radius 1 is 1.60 bits per heavy atom. The van der Waals surface area contributed by atoms with Gasteiger partial charge in [-0.15, -0.1) is 0 Å². The number of rotatable bonds is 1. The molecule has 3 N–H and O–H groups in total. The van der Waals surface area contributed by atoms with Crippen LogP contribution in [-0.2, 0) is 6.67 Å². The van der Waals surface area contributed by atoms with Crippen molar-refractivity contribution < 1.29 is 4.39 Å². The third-order valence-electron chi connectivity index (χ3n) is 0.843. The van der Waals surface area contributed by atoms with Crippen LogP contribution in [0.4, 0.5) is 10.3 Å². The van der Waals surface area contributed by atoms with Crippen LogP contribution in [0.2, 0.25) is 0 Å². The van der Waals surface area contributed by atoms with Gasteiger partial charge in [0.1, 0.15) is 12.5 Å². The summed E-state index contributed by atoms with van der Waals surface area (Å²) in [5, 5.41) is 0. The zero-order valence-corrected chi connectivity index (χ0v) is 4.97. The highest BCUT2D eigenvalue weighted by molar-refractivity contribution is 5.12. The van der Waals surface area contributed by atoms with E-state index in [0.717, 1.165) is 0 Å². The summed E-state index contributed by atoms with van der Waals surface area (Å²) < 4.78 is 11.8. The molecule has 54 valence electrons. The average Bonchev–Trinajstić information content (AvgIpc) is 1.85. The molecule has 1 heterocycles. The summed E-state index contributed by atoms with van der Waals surface area (Å²) in [5.74, 6) is -0.311. The average molecular weight is 144 g/mol. The maximum Gasteiger partial charge on any atom is 0.349 e. The minimum atomic E-state index is -0.845. The molecule has 0 unspecified atom stereocenters. The van der Waals surface area contributed by atoms with Gasteiger partial charge in [0.25, 0.3) is 0 Å². The lowest BCUT2D eigenvalue weighted by molar-refractivity contribution is 0.463. The Morgan fingerprint density at radius 2 is 2.30 bits per heavy atom. The van der Waals surface area contributed by atoms with Crippen LogP contribution in [0.3, 0.4) is 0 Å². The van der Waals surface area contributed by atoms with Crippen LogP contribution in [0.15, 0.2) is 4.79 Å². The zero-order chi connectivity index (χ0) is 7.56. The molecule has 0 aromatic carbocycles. The van der Waals surface area contributed by atoms with E-state index in [1.54, 1.807) is 0 Å². The lowest BCUT2D eigenvalue weighted by Gasteiger charge is -1.92. The number of alkyl halides is 1. The summed E-state index contributed by atoms with van der Waals surface area (Å²) in [6.07, 6.45) is 0. The van der Waals surface area contributed by atoms with Crippen molar-refractivity contribution in [1.82, 2.24) is 15.0 Å². The van der Waals surface area contributed by atoms with Crippen LogP contribution in [0.5, 0.6) is 0 Å². The number of hydrogen-bond donors (Lipinski definition) is 2. The first-order chi connectivity index (χ1) is 4.72. The normalized spacial score (nSPS) is 9.70. The zero-order valence-electron chi connectivity index (χ0n) is 4.97. The molecule has 0 atom stereocenters. The second kappa shape index (κ2) is 2.42. The largest absolute Gasteiger partial charge is 0.368 e. The number of hydrogen-bond acceptors (Lipinski definition) is 4. The summed E-state index contributed by atoms with van der Waals surface area (Å²) in [6, 6.07) is 0. The molecule has 0 fully saturated rings. The fourth-order valence-corrected chi connectivity index (χ4v) is 0.510. The van der Waals surface area contributed by atoms with Crippen molar-refractivity contribution in [3.8, 4) is 0 Å². The number of nitrogens with zero attached hydrogens (tertiary/aromatic N) is 2. The highest BCUT2D eigenvalue weighted by Gasteiger charge is 1.96. The molecular formula is C4H5FN4O. The topological polar surface area (TPSA) is 84.7 Å². The summed E-state index contributed by atoms with van der Waals surface area (Å²) >= 11 is 0. The summed E-state index contributed by atoms with van der Waals surface area (Å²) in [5.41, 5.74) is 4.35. The second-order valence-electron chi connectivity index (χ2n) is 1.59. The first kappa shape index (κ1) is 6.66. The Balaban J connectivity index is 3.19. The number of aromatic amines is 1. The fraction of sp³-hybridized carbons (Fsp3) is 0.250. The molecule has 0 saturated carbocycles. The lowest BCUT2D eigenvalue weighted by atomic mass is 10.7. The van der Waals surface area contributed by atoms with E-state index in [4.69, 9.17) is 5.73 Å². The van der Waals surface area contributed by atoms with Gasteiger partial charge in [-0.3, -0.25) is 4.98 Å². The summed E-state index contributed by atoms with van der Waals surface area (Å²) in [4.78, 5) is 19.0. The molecule has 0 radical (unpaired) electrons. The van der Waals surface area contributed by atoms with E-state index in [-0.39, 0.29) is 11.8 Å². The predicted octanol–water partition coefficient (Wildman–Crippen LogP) is -0.783. The van der Waals surface area contributed by atoms with Gasteiger partial charge in [0.05, 0.1) is 0 Å². The molecule has 0 bridgehead atoms. The predicted molar refractivity (Wildman–Crippen MR) is 31.9 cm³/mol. The molecule has 5 nitrogen and oxygen atoms in total. The molecule has 0 aliphatic heterocycles. The number of H-pyrrole nitrogens is 1. The molecule has 0 aliphatic carbocycles. The molecule has 1 aromatic heterocycles. The Bertz CT molecular complexity index is 283. The van der Waals surface area contributed by atoms with Gasteiger partial charge in [-0.25, -0.2) is 9.18 Å². The Labute approximate surface area is 55.1 Å². The maximum atomic E-state index is 11.8. The number of nitrogen functional groups attached to an aromatic ring is 1. The molecule has 0 saturated heterocycles. The van der Waals surface area contributed by atoms with Crippen molar-refractivity contribution >= 4 is 5.95 Å². The van der Waals surface area contributed by atoms with Crippen LogP contribution in [0.1, 0.15) is 5.82 Å². The molecule has 1 rings (SSSR count). The molecule has 6 heteroatoms. The van der Waals surface area contributed by atoms with E-state index in [1.807, 2.05) is 0 Å². The number of nitrogens with one attached hydrogen (secondary N) is 1. The Morgan fingerprint density at radius 3 is 2.80 bits per heavy atom. The number of halogens is 1. The van der Waals surface area contributed by atoms with Gasteiger partial charge in [0.15, 0.2) is 0 Å². The monoisotopic (exact) mass is 144 g/mol. The number of aromatic nitrogens is 3. The fourth-order valence-electron chi connectivity index (χ4n) is 0.510. The summed E-state index contributed by atoms with van der Waals surface area (Å²) in [7, 11) is 0. The van der Waals surface area contributed by atoms with Gasteiger partial charge in [-0.2, -0.15) is 9.97 Å². The van der Waals surface area contributed by atoms with Crippen molar-refractivity contribution in [1.29, 1.82) is 0 Å². The Kier molecular flexibility index (Phi) is 1.61. The minimum absolute atomic E-state index is 0.0995. The quantitative estimate of drug-likeness (QED) is 0.541. The van der Waals surface area contributed by atoms with E-state index in [2.05, 4.69) is 15.0 Å². The van der Waals surface area contributed by atoms with Gasteiger partial charge >= 0.3 is 5.69 Å². The van der Waals surface area contributed by atoms with E-state index in [9.17, 15) is 9.18 Å². The smallest absolute Gasteiger partial charge is 0.349 e. The molecule has 0 spiro atoms. The molecule has 0 amide bonds. The van der Waals surface area contributed by atoms with Crippen molar-refractivity contribution in [2.75, 3.05) is 5.73 Å². The van der Waals surface area contributed by atoms with Crippen LogP contribution < -0.4 is 11.4 Å². The van der Waals surface area contributed by atoms with Crippen molar-refractivity contribution in [3.63, 3.8) is 0 Å². The van der Waals surface area contributed by atoms with Crippen LogP contribution in [0.25, 0.3) is 0 Å². The van der Waals surface area contributed by atoms with Gasteiger partial charge in [-0.1, -0.05) is 0 Å². The van der Waals surface area contributed by atoms with Crippen LogP contribution >= 0.6 is 0 Å². The standard InChI is InChI=1S/C4H5FN4O/c5-1-2-7-3(6)9-4(10)8-2/h1H2,(H3,6,7,8,9,10). The molecular weight excluding hydrogens is 139 g/mol. The van der Waals surface area contributed by atoms with E-state index in [1.165, 1.54) is 0 Å². The van der Waals surface area contributed by atoms with Gasteiger partial charge < -0.3 is 5.73 Å². The van der Waals surface area contributed by atoms with Crippen molar-refractivity contribution in [2.24, 2.45) is 0 Å². The molecule has 0 aliphatic rings. The molecule has 10 heavy (non-hydrogen) atoms. The SMILES string of the molecule is Nc1nc(CF)[nH]c(=O)n1.